The van der Waals surface area contributed by atoms with Crippen LogP contribution in [0.4, 0.5) is 0 Å². The van der Waals surface area contributed by atoms with E-state index >= 15 is 0 Å². The molecule has 0 nitrogen and oxygen atoms in total. The smallest absolute Gasteiger partial charge is 1.00 e. The summed E-state index contributed by atoms with van der Waals surface area (Å²) in [7, 11) is 0.104. The van der Waals surface area contributed by atoms with E-state index in [4.69, 9.17) is 0 Å². The van der Waals surface area contributed by atoms with Crippen LogP contribution in [0.1, 0.15) is 67.2 Å². The number of hydrogen-bond acceptors (Lipinski definition) is 0. The maximum Gasteiger partial charge on any atom is 4.00 e. The van der Waals surface area contributed by atoms with Crippen LogP contribution in [-0.2, 0) is 26.2 Å². The Labute approximate surface area is 273 Å². The summed E-state index contributed by atoms with van der Waals surface area (Å²) in [5.74, 6) is 1.60. The third kappa shape index (κ3) is 12.8. The van der Waals surface area contributed by atoms with Crippen molar-refractivity contribution < 1.29 is 51.0 Å². The molecule has 0 bridgehead atoms. The molecule has 212 valence electrons. The van der Waals surface area contributed by atoms with E-state index in [0.29, 0.717) is 0 Å². The van der Waals surface area contributed by atoms with Crippen molar-refractivity contribution in [3.63, 3.8) is 0 Å². The van der Waals surface area contributed by atoms with Crippen molar-refractivity contribution >= 4 is 48.0 Å². The Morgan fingerprint density at radius 3 is 1.36 bits per heavy atom. The Morgan fingerprint density at radius 2 is 1.00 bits per heavy atom. The molecule has 0 aromatic heterocycles. The van der Waals surface area contributed by atoms with Crippen molar-refractivity contribution in [1.82, 2.24) is 0 Å². The van der Waals surface area contributed by atoms with Gasteiger partial charge in [-0.25, -0.2) is 0 Å². The molecule has 0 saturated carbocycles. The summed E-state index contributed by atoms with van der Waals surface area (Å²) in [6.45, 7) is 14.0. The fourth-order valence-corrected chi connectivity index (χ4v) is 10.6. The second-order valence-corrected chi connectivity index (χ2v) is 15.9. The van der Waals surface area contributed by atoms with Crippen molar-refractivity contribution in [3.05, 3.63) is 72.8 Å². The first-order chi connectivity index (χ1) is 17.4. The van der Waals surface area contributed by atoms with E-state index in [2.05, 4.69) is 114 Å². The fourth-order valence-electron chi connectivity index (χ4n) is 4.87. The molecule has 39 heavy (non-hydrogen) atoms. The minimum absolute atomic E-state index is 0. The topological polar surface area (TPSA) is 0 Å². The van der Waals surface area contributed by atoms with Gasteiger partial charge in [0.05, 0.1) is 0 Å². The molecule has 4 aromatic carbocycles. The zero-order valence-corrected chi connectivity index (χ0v) is 30.6. The van der Waals surface area contributed by atoms with Gasteiger partial charge < -0.3 is 24.8 Å². The van der Waals surface area contributed by atoms with Crippen LogP contribution in [0.25, 0.3) is 21.5 Å². The predicted octanol–water partition coefficient (Wildman–Crippen LogP) is 4.25. The van der Waals surface area contributed by atoms with Crippen LogP contribution in [0.15, 0.2) is 72.8 Å². The van der Waals surface area contributed by atoms with Gasteiger partial charge in [0.2, 0.25) is 0 Å². The molecule has 0 unspecified atom stereocenters. The van der Waals surface area contributed by atoms with Crippen LogP contribution in [0, 0.1) is 11.8 Å². The number of hydrogen-bond donors (Lipinski definition) is 0. The van der Waals surface area contributed by atoms with E-state index in [-0.39, 0.29) is 66.9 Å². The molecule has 0 heterocycles. The van der Waals surface area contributed by atoms with Gasteiger partial charge in [-0.05, 0) is 49.3 Å². The normalized spacial score (nSPS) is 10.9. The van der Waals surface area contributed by atoms with Crippen molar-refractivity contribution in [1.29, 1.82) is 0 Å². The Morgan fingerprint density at radius 1 is 0.615 bits per heavy atom. The van der Waals surface area contributed by atoms with Gasteiger partial charge in [0.15, 0.2) is 0 Å². The second kappa shape index (κ2) is 20.8. The molecule has 0 atom stereocenters. The second-order valence-electron chi connectivity index (χ2n) is 11.1. The first kappa shape index (κ1) is 39.0. The van der Waals surface area contributed by atoms with E-state index in [9.17, 15) is 0 Å². The summed E-state index contributed by atoms with van der Waals surface area (Å²) in [6.07, 6.45) is 11.0. The van der Waals surface area contributed by atoms with E-state index in [1.165, 1.54) is 71.9 Å². The van der Waals surface area contributed by atoms with Crippen LogP contribution in [0.2, 0.25) is 0 Å². The summed E-state index contributed by atoms with van der Waals surface area (Å²) >= 11 is 0. The molecule has 0 radical (unpaired) electrons. The minimum Gasteiger partial charge on any atom is -1.00 e. The quantitative estimate of drug-likeness (QED) is 0.155. The van der Waals surface area contributed by atoms with Gasteiger partial charge in [-0.2, -0.15) is 12.1 Å². The molecule has 4 aromatic rings. The first-order valence-corrected chi connectivity index (χ1v) is 17.6. The van der Waals surface area contributed by atoms with E-state index in [1.807, 2.05) is 0 Å². The molecule has 0 amide bonds. The summed E-state index contributed by atoms with van der Waals surface area (Å²) in [4.78, 5) is 0. The zero-order chi connectivity index (χ0) is 25.9. The van der Waals surface area contributed by atoms with Crippen LogP contribution in [0.5, 0.6) is 0 Å². The predicted molar refractivity (Wildman–Crippen MR) is 171 cm³/mol. The molecule has 0 aliphatic heterocycles. The molecule has 0 fully saturated rings. The molecule has 0 aliphatic rings. The Balaban J connectivity index is 0.000000688. The number of benzene rings is 2. The molecular weight excluding hydrogens is 632 g/mol. The zero-order valence-electron chi connectivity index (χ0n) is 24.9. The summed E-state index contributed by atoms with van der Waals surface area (Å²) in [5.41, 5.74) is 0. The molecule has 5 heteroatoms. The monoisotopic (exact) mass is 678 g/mol. The SMILES string of the molecule is CC(C)CP(CC(C)C)c1cc2ccccc2[cH-]1.CCCCP(CCCC)c1cc2ccccc2[cH-]1.[Cl-].[Cl-].[Zr+4]. The largest absolute Gasteiger partial charge is 4.00 e. The third-order valence-electron chi connectivity index (χ3n) is 6.67. The van der Waals surface area contributed by atoms with Gasteiger partial charge in [0, 0.05) is 0 Å². The van der Waals surface area contributed by atoms with Crippen LogP contribution < -0.4 is 35.4 Å². The standard InChI is InChI=1S/2C17H24P.2ClH.Zr/c1-13(2)11-18(12-14(3)4)17-9-15-7-5-6-8-16(15)10-17;1-3-5-11-18(12-6-4-2)17-13-15-9-7-8-10-16(15)14-17;;;/h5-10,13-14H,11-12H2,1-4H3;7-10,13-14H,3-6,11-12H2,1-2H3;2*1H;/q2*-1;;;+4/p-2. The van der Waals surface area contributed by atoms with Crippen molar-refractivity contribution in [2.75, 3.05) is 24.6 Å². The molecule has 0 N–H and O–H groups in total. The molecule has 4 rings (SSSR count). The summed E-state index contributed by atoms with van der Waals surface area (Å²) in [5, 5.41) is 8.91. The van der Waals surface area contributed by atoms with Crippen LogP contribution >= 0.6 is 15.8 Å². The molecule has 0 aliphatic carbocycles. The average Bonchev–Trinajstić information content (AvgIpc) is 3.48. The molecule has 0 saturated heterocycles. The van der Waals surface area contributed by atoms with E-state index in [1.54, 1.807) is 10.6 Å². The average molecular weight is 681 g/mol. The molecule has 0 spiro atoms. The number of rotatable bonds is 12. The van der Waals surface area contributed by atoms with Gasteiger partial charge in [-0.3, -0.25) is 0 Å². The third-order valence-corrected chi connectivity index (χ3v) is 12.7. The van der Waals surface area contributed by atoms with E-state index in [0.717, 1.165) is 11.8 Å². The van der Waals surface area contributed by atoms with Gasteiger partial charge >= 0.3 is 26.2 Å². The van der Waals surface area contributed by atoms with Crippen molar-refractivity contribution in [3.8, 4) is 0 Å². The van der Waals surface area contributed by atoms with E-state index < -0.39 is 0 Å². The van der Waals surface area contributed by atoms with Gasteiger partial charge in [-0.15, -0.1) is 80.7 Å². The maximum atomic E-state index is 2.44. The number of halogens is 2. The van der Waals surface area contributed by atoms with Crippen LogP contribution in [0.3, 0.4) is 0 Å². The Hall–Kier alpha value is -0.0169. The minimum atomic E-state index is 0. The van der Waals surface area contributed by atoms with Crippen LogP contribution in [-0.4, -0.2) is 24.6 Å². The van der Waals surface area contributed by atoms with Gasteiger partial charge in [-0.1, -0.05) is 82.4 Å². The number of fused-ring (bicyclic) bond motifs is 2. The maximum absolute atomic E-state index is 2.44. The Kier molecular flexibility index (Phi) is 20.8. The number of unbranched alkanes of at least 4 members (excludes halogenated alkanes) is 2. The van der Waals surface area contributed by atoms with Gasteiger partial charge in [0.25, 0.3) is 0 Å². The Bertz CT molecular complexity index is 1080. The van der Waals surface area contributed by atoms with Gasteiger partial charge in [0.1, 0.15) is 0 Å². The van der Waals surface area contributed by atoms with Crippen molar-refractivity contribution in [2.24, 2.45) is 11.8 Å². The fraction of sp³-hybridized carbons (Fsp3) is 0.471. The summed E-state index contributed by atoms with van der Waals surface area (Å²) < 4.78 is 0. The molecular formula is C34H48Cl2P2Zr. The summed E-state index contributed by atoms with van der Waals surface area (Å²) in [6, 6.07) is 27.2. The first-order valence-electron chi connectivity index (χ1n) is 14.2. The van der Waals surface area contributed by atoms with Crippen molar-refractivity contribution in [2.45, 2.75) is 67.2 Å².